The third kappa shape index (κ3) is 14.5. The van der Waals surface area contributed by atoms with Crippen LogP contribution in [0.25, 0.3) is 0 Å². The maximum Gasteiger partial charge on any atom is 0.364 e. The van der Waals surface area contributed by atoms with E-state index < -0.39 is 17.7 Å². The fraction of sp³-hybridized carbons (Fsp3) is 0.889. The number of aliphatic hydroxyl groups is 2. The smallest absolute Gasteiger partial charge is 0.364 e. The van der Waals surface area contributed by atoms with Gasteiger partial charge in [-0.2, -0.15) is 0 Å². The number of unbranched alkanes of at least 4 members (excludes halogenated alkanes) is 12. The number of carboxylic acid groups (broad SMARTS) is 2. The molecule has 0 amide bonds. The van der Waals surface area contributed by atoms with Crippen LogP contribution in [0.4, 0.5) is 0 Å². The molecule has 6 nitrogen and oxygen atoms in total. The Hall–Kier alpha value is -1.14. The fourth-order valence-corrected chi connectivity index (χ4v) is 2.70. The topological polar surface area (TPSA) is 115 Å². The standard InChI is InChI=1S/C18H34O6/c19-16(20)14-12-10-8-6-4-2-1-3-5-7-9-11-13-15-18(23,24)17(21)22/h23-24H,1-15H2,(H,19,20)(H,21,22). The van der Waals surface area contributed by atoms with Gasteiger partial charge in [0.2, 0.25) is 0 Å². The van der Waals surface area contributed by atoms with Crippen LogP contribution in [0.1, 0.15) is 96.3 Å². The van der Waals surface area contributed by atoms with Gasteiger partial charge in [0.25, 0.3) is 5.79 Å². The van der Waals surface area contributed by atoms with E-state index in [-0.39, 0.29) is 12.8 Å². The molecule has 0 atom stereocenters. The van der Waals surface area contributed by atoms with Gasteiger partial charge in [-0.15, -0.1) is 0 Å². The van der Waals surface area contributed by atoms with Crippen molar-refractivity contribution in [2.24, 2.45) is 0 Å². The second-order valence-corrected chi connectivity index (χ2v) is 6.61. The molecule has 0 aliphatic heterocycles. The first-order chi connectivity index (χ1) is 11.4. The molecule has 24 heavy (non-hydrogen) atoms. The lowest BCUT2D eigenvalue weighted by Gasteiger charge is -2.15. The summed E-state index contributed by atoms with van der Waals surface area (Å²) >= 11 is 0. The first kappa shape index (κ1) is 22.9. The van der Waals surface area contributed by atoms with Crippen molar-refractivity contribution in [1.29, 1.82) is 0 Å². The summed E-state index contributed by atoms with van der Waals surface area (Å²) in [5.74, 6) is -4.86. The predicted octanol–water partition coefficient (Wildman–Crippen LogP) is 3.69. The van der Waals surface area contributed by atoms with Crippen molar-refractivity contribution in [2.45, 2.75) is 102 Å². The summed E-state index contributed by atoms with van der Waals surface area (Å²) < 4.78 is 0. The minimum Gasteiger partial charge on any atom is -0.481 e. The summed E-state index contributed by atoms with van der Waals surface area (Å²) in [5.41, 5.74) is 0. The first-order valence-electron chi connectivity index (χ1n) is 9.26. The average Bonchev–Trinajstić information content (AvgIpc) is 2.50. The lowest BCUT2D eigenvalue weighted by Crippen LogP contribution is -2.37. The Balaban J connectivity index is 3.18. The molecule has 142 valence electrons. The van der Waals surface area contributed by atoms with Crippen molar-refractivity contribution < 1.29 is 30.0 Å². The van der Waals surface area contributed by atoms with Crippen LogP contribution in [-0.4, -0.2) is 38.2 Å². The molecule has 6 heteroatoms. The lowest BCUT2D eigenvalue weighted by molar-refractivity contribution is -0.205. The first-order valence-corrected chi connectivity index (χ1v) is 9.26. The molecule has 4 N–H and O–H groups in total. The van der Waals surface area contributed by atoms with Crippen molar-refractivity contribution in [2.75, 3.05) is 0 Å². The van der Waals surface area contributed by atoms with E-state index >= 15 is 0 Å². The van der Waals surface area contributed by atoms with Crippen LogP contribution in [-0.2, 0) is 9.59 Å². The summed E-state index contributed by atoms with van der Waals surface area (Å²) in [5, 5.41) is 35.3. The predicted molar refractivity (Wildman–Crippen MR) is 91.7 cm³/mol. The van der Waals surface area contributed by atoms with Gasteiger partial charge in [0.05, 0.1) is 0 Å². The molecule has 0 aromatic heterocycles. The van der Waals surface area contributed by atoms with Crippen molar-refractivity contribution >= 4 is 11.9 Å². The summed E-state index contributed by atoms with van der Waals surface area (Å²) in [6, 6.07) is 0. The molecule has 0 spiro atoms. The third-order valence-corrected chi connectivity index (χ3v) is 4.26. The van der Waals surface area contributed by atoms with Crippen LogP contribution in [0.15, 0.2) is 0 Å². The largest absolute Gasteiger partial charge is 0.481 e. The van der Waals surface area contributed by atoms with Gasteiger partial charge >= 0.3 is 11.9 Å². The van der Waals surface area contributed by atoms with Crippen LogP contribution < -0.4 is 0 Å². The van der Waals surface area contributed by atoms with Gasteiger partial charge in [-0.3, -0.25) is 4.79 Å². The number of hydrogen-bond acceptors (Lipinski definition) is 4. The SMILES string of the molecule is O=C(O)CCCCCCCCCCCCCCCC(O)(O)C(=O)O. The van der Waals surface area contributed by atoms with E-state index in [0.29, 0.717) is 6.42 Å². The Morgan fingerprint density at radius 3 is 1.25 bits per heavy atom. The van der Waals surface area contributed by atoms with E-state index in [2.05, 4.69) is 0 Å². The van der Waals surface area contributed by atoms with Crippen molar-refractivity contribution in [3.8, 4) is 0 Å². The zero-order chi connectivity index (χ0) is 18.3. The number of rotatable bonds is 17. The third-order valence-electron chi connectivity index (χ3n) is 4.26. The van der Waals surface area contributed by atoms with Crippen molar-refractivity contribution in [1.82, 2.24) is 0 Å². The maximum atomic E-state index is 10.5. The van der Waals surface area contributed by atoms with Gasteiger partial charge in [0, 0.05) is 12.8 Å². The molecule has 0 radical (unpaired) electrons. The summed E-state index contributed by atoms with van der Waals surface area (Å²) in [6.07, 6.45) is 13.8. The van der Waals surface area contributed by atoms with E-state index in [1.165, 1.54) is 38.5 Å². The van der Waals surface area contributed by atoms with Crippen molar-refractivity contribution in [3.63, 3.8) is 0 Å². The van der Waals surface area contributed by atoms with E-state index in [4.69, 9.17) is 20.4 Å². The molecular formula is C18H34O6. The Labute approximate surface area is 144 Å². The van der Waals surface area contributed by atoms with Gasteiger partial charge < -0.3 is 20.4 Å². The highest BCUT2D eigenvalue weighted by atomic mass is 16.5. The Kier molecular flexibility index (Phi) is 13.5. The maximum absolute atomic E-state index is 10.5. The van der Waals surface area contributed by atoms with Crippen LogP contribution in [0.5, 0.6) is 0 Å². The Morgan fingerprint density at radius 1 is 0.583 bits per heavy atom. The fourth-order valence-electron chi connectivity index (χ4n) is 2.70. The molecule has 0 unspecified atom stereocenters. The number of aliphatic carboxylic acids is 2. The minimum absolute atomic E-state index is 0.116. The number of carboxylic acids is 2. The number of hydrogen-bond donors (Lipinski definition) is 4. The minimum atomic E-state index is -2.58. The molecule has 0 fully saturated rings. The zero-order valence-electron chi connectivity index (χ0n) is 14.7. The zero-order valence-corrected chi connectivity index (χ0v) is 14.7. The van der Waals surface area contributed by atoms with Crippen molar-refractivity contribution in [3.05, 3.63) is 0 Å². The molecule has 0 aromatic rings. The van der Waals surface area contributed by atoms with E-state index in [1.807, 2.05) is 0 Å². The van der Waals surface area contributed by atoms with E-state index in [1.54, 1.807) is 0 Å². The second kappa shape index (κ2) is 14.2. The monoisotopic (exact) mass is 346 g/mol. The molecule has 0 aliphatic rings. The normalized spacial score (nSPS) is 11.6. The molecule has 0 bridgehead atoms. The van der Waals surface area contributed by atoms with Gasteiger partial charge in [0.15, 0.2) is 0 Å². The summed E-state index contributed by atoms with van der Waals surface area (Å²) in [7, 11) is 0. The van der Waals surface area contributed by atoms with E-state index in [0.717, 1.165) is 38.5 Å². The Bertz CT molecular complexity index is 340. The van der Waals surface area contributed by atoms with Crippen LogP contribution >= 0.6 is 0 Å². The van der Waals surface area contributed by atoms with Gasteiger partial charge in [0.1, 0.15) is 0 Å². The second-order valence-electron chi connectivity index (χ2n) is 6.61. The molecule has 0 heterocycles. The summed E-state index contributed by atoms with van der Waals surface area (Å²) in [6.45, 7) is 0. The molecule has 0 saturated carbocycles. The summed E-state index contributed by atoms with van der Waals surface area (Å²) in [4.78, 5) is 20.8. The lowest BCUT2D eigenvalue weighted by atomic mass is 10.0. The van der Waals surface area contributed by atoms with Gasteiger partial charge in [-0.05, 0) is 12.8 Å². The molecule has 0 saturated heterocycles. The van der Waals surface area contributed by atoms with Gasteiger partial charge in [-0.25, -0.2) is 4.79 Å². The van der Waals surface area contributed by atoms with Crippen LogP contribution in [0.2, 0.25) is 0 Å². The van der Waals surface area contributed by atoms with Gasteiger partial charge in [-0.1, -0.05) is 70.6 Å². The Morgan fingerprint density at radius 2 is 0.917 bits per heavy atom. The highest BCUT2D eigenvalue weighted by molar-refractivity contribution is 5.74. The van der Waals surface area contributed by atoms with Crippen LogP contribution in [0.3, 0.4) is 0 Å². The quantitative estimate of drug-likeness (QED) is 0.236. The average molecular weight is 346 g/mol. The molecule has 0 aliphatic carbocycles. The number of carbonyl (C=O) groups is 2. The molecular weight excluding hydrogens is 312 g/mol. The van der Waals surface area contributed by atoms with E-state index in [9.17, 15) is 9.59 Å². The molecule has 0 rings (SSSR count). The molecule has 0 aromatic carbocycles. The highest BCUT2D eigenvalue weighted by Gasteiger charge is 2.31. The highest BCUT2D eigenvalue weighted by Crippen LogP contribution is 2.16. The van der Waals surface area contributed by atoms with Crippen LogP contribution in [0, 0.1) is 0 Å².